The average Bonchev–Trinajstić information content (AvgIpc) is 3.36. The molecule has 5 nitrogen and oxygen atoms in total. The molecule has 1 aliphatic carbocycles. The third-order valence-corrected chi connectivity index (χ3v) is 3.69. The molecule has 0 bridgehead atoms. The summed E-state index contributed by atoms with van der Waals surface area (Å²) < 4.78 is 0. The number of phenols is 1. The fraction of sp³-hybridized carbons (Fsp3) is 0.222. The van der Waals surface area contributed by atoms with Crippen LogP contribution in [0, 0.1) is 5.92 Å². The van der Waals surface area contributed by atoms with Gasteiger partial charge in [0.15, 0.2) is 0 Å². The van der Waals surface area contributed by atoms with Gasteiger partial charge in [-0.3, -0.25) is 9.59 Å². The van der Waals surface area contributed by atoms with E-state index in [2.05, 4.69) is 10.6 Å². The van der Waals surface area contributed by atoms with Gasteiger partial charge >= 0.3 is 0 Å². The number of amides is 2. The molecule has 2 aromatic rings. The van der Waals surface area contributed by atoms with Crippen molar-refractivity contribution in [1.82, 2.24) is 0 Å². The summed E-state index contributed by atoms with van der Waals surface area (Å²) in [5, 5.41) is 14.9. The van der Waals surface area contributed by atoms with E-state index in [1.807, 2.05) is 0 Å². The summed E-state index contributed by atoms with van der Waals surface area (Å²) in [5.41, 5.74) is 2.24. The Bertz CT molecular complexity index is 704. The van der Waals surface area contributed by atoms with Crippen LogP contribution in [-0.4, -0.2) is 16.9 Å². The number of anilines is 2. The smallest absolute Gasteiger partial charge is 0.228 e. The van der Waals surface area contributed by atoms with Gasteiger partial charge in [0.25, 0.3) is 0 Å². The monoisotopic (exact) mass is 310 g/mol. The van der Waals surface area contributed by atoms with E-state index in [4.69, 9.17) is 0 Å². The summed E-state index contributed by atoms with van der Waals surface area (Å²) in [4.78, 5) is 23.6. The number of rotatable bonds is 5. The summed E-state index contributed by atoms with van der Waals surface area (Å²) >= 11 is 0. The number of benzene rings is 2. The Hall–Kier alpha value is -2.82. The molecule has 0 aromatic heterocycles. The molecular weight excluding hydrogens is 292 g/mol. The summed E-state index contributed by atoms with van der Waals surface area (Å²) in [6.07, 6.45) is 2.18. The Labute approximate surface area is 134 Å². The second-order valence-corrected chi connectivity index (χ2v) is 5.73. The summed E-state index contributed by atoms with van der Waals surface area (Å²) in [5.74, 6) is 0.275. The zero-order valence-corrected chi connectivity index (χ0v) is 12.6. The predicted octanol–water partition coefficient (Wildman–Crippen LogP) is 2.92. The van der Waals surface area contributed by atoms with Gasteiger partial charge in [-0.1, -0.05) is 12.1 Å². The molecule has 23 heavy (non-hydrogen) atoms. The Morgan fingerprint density at radius 3 is 2.04 bits per heavy atom. The predicted molar refractivity (Wildman–Crippen MR) is 88.2 cm³/mol. The van der Waals surface area contributed by atoms with Crippen LogP contribution in [0.3, 0.4) is 0 Å². The van der Waals surface area contributed by atoms with E-state index >= 15 is 0 Å². The van der Waals surface area contributed by atoms with Gasteiger partial charge in [0.1, 0.15) is 5.75 Å². The molecule has 118 valence electrons. The molecule has 0 unspecified atom stereocenters. The van der Waals surface area contributed by atoms with E-state index in [0.717, 1.165) is 24.1 Å². The third kappa shape index (κ3) is 4.32. The highest BCUT2D eigenvalue weighted by atomic mass is 16.3. The first-order chi connectivity index (χ1) is 11.1. The minimum absolute atomic E-state index is 0.0640. The zero-order valence-electron chi connectivity index (χ0n) is 12.6. The van der Waals surface area contributed by atoms with Gasteiger partial charge in [0.05, 0.1) is 6.42 Å². The Balaban J connectivity index is 1.53. The van der Waals surface area contributed by atoms with Crippen molar-refractivity contribution < 1.29 is 14.7 Å². The van der Waals surface area contributed by atoms with Crippen LogP contribution in [0.25, 0.3) is 0 Å². The maximum atomic E-state index is 12.0. The van der Waals surface area contributed by atoms with E-state index in [0.29, 0.717) is 5.69 Å². The van der Waals surface area contributed by atoms with Crippen molar-refractivity contribution in [1.29, 1.82) is 0 Å². The van der Waals surface area contributed by atoms with E-state index < -0.39 is 0 Å². The second-order valence-electron chi connectivity index (χ2n) is 5.73. The molecule has 0 radical (unpaired) electrons. The molecule has 1 fully saturated rings. The third-order valence-electron chi connectivity index (χ3n) is 3.69. The van der Waals surface area contributed by atoms with Crippen molar-refractivity contribution in [2.45, 2.75) is 19.3 Å². The van der Waals surface area contributed by atoms with E-state index in [1.165, 1.54) is 0 Å². The van der Waals surface area contributed by atoms with Crippen molar-refractivity contribution in [3.63, 3.8) is 0 Å². The topological polar surface area (TPSA) is 78.4 Å². The average molecular weight is 310 g/mol. The summed E-state index contributed by atoms with van der Waals surface area (Å²) in [6.45, 7) is 0. The molecule has 0 spiro atoms. The molecule has 0 aliphatic heterocycles. The zero-order chi connectivity index (χ0) is 16.2. The highest BCUT2D eigenvalue weighted by molar-refractivity contribution is 5.95. The maximum Gasteiger partial charge on any atom is 0.228 e. The number of carbonyl (C=O) groups is 2. The van der Waals surface area contributed by atoms with Crippen LogP contribution in [0.1, 0.15) is 18.4 Å². The highest BCUT2D eigenvalue weighted by Gasteiger charge is 2.29. The Morgan fingerprint density at radius 2 is 1.48 bits per heavy atom. The molecule has 0 atom stereocenters. The minimum Gasteiger partial charge on any atom is -0.508 e. The van der Waals surface area contributed by atoms with E-state index in [1.54, 1.807) is 48.5 Å². The molecule has 1 aliphatic rings. The highest BCUT2D eigenvalue weighted by Crippen LogP contribution is 2.30. The number of aromatic hydroxyl groups is 1. The van der Waals surface area contributed by atoms with Gasteiger partial charge in [-0.05, 0) is 54.8 Å². The van der Waals surface area contributed by atoms with Crippen molar-refractivity contribution in [2.24, 2.45) is 5.92 Å². The first kappa shape index (κ1) is 15.1. The SMILES string of the molecule is O=C(Cc1ccc(O)cc1)Nc1ccc(NC(=O)C2CC2)cc1. The molecule has 5 heteroatoms. The van der Waals surface area contributed by atoms with Crippen molar-refractivity contribution in [3.05, 3.63) is 54.1 Å². The summed E-state index contributed by atoms with van der Waals surface area (Å²) in [6, 6.07) is 13.6. The Kier molecular flexibility index (Phi) is 4.28. The van der Waals surface area contributed by atoms with Crippen molar-refractivity contribution >= 4 is 23.2 Å². The number of nitrogens with one attached hydrogen (secondary N) is 2. The van der Waals surface area contributed by atoms with Gasteiger partial charge in [0, 0.05) is 17.3 Å². The van der Waals surface area contributed by atoms with E-state index in [9.17, 15) is 14.7 Å². The van der Waals surface area contributed by atoms with Crippen LogP contribution in [0.4, 0.5) is 11.4 Å². The maximum absolute atomic E-state index is 12.0. The molecule has 1 saturated carbocycles. The van der Waals surface area contributed by atoms with Gasteiger partial charge in [-0.2, -0.15) is 0 Å². The first-order valence-electron chi connectivity index (χ1n) is 7.59. The van der Waals surface area contributed by atoms with Crippen LogP contribution >= 0.6 is 0 Å². The number of phenolic OH excluding ortho intramolecular Hbond substituents is 1. The largest absolute Gasteiger partial charge is 0.508 e. The first-order valence-corrected chi connectivity index (χ1v) is 7.59. The fourth-order valence-corrected chi connectivity index (χ4v) is 2.23. The molecule has 2 aromatic carbocycles. The Morgan fingerprint density at radius 1 is 0.913 bits per heavy atom. The molecular formula is C18H18N2O3. The van der Waals surface area contributed by atoms with Gasteiger partial charge < -0.3 is 15.7 Å². The van der Waals surface area contributed by atoms with Crippen LogP contribution in [0.2, 0.25) is 0 Å². The number of hydrogen-bond donors (Lipinski definition) is 3. The standard InChI is InChI=1S/C18H18N2O3/c21-16-9-1-12(2-10-16)11-17(22)19-14-5-7-15(8-6-14)20-18(23)13-3-4-13/h1-2,5-10,13,21H,3-4,11H2,(H,19,22)(H,20,23). The van der Waals surface area contributed by atoms with Crippen LogP contribution in [-0.2, 0) is 16.0 Å². The van der Waals surface area contributed by atoms with Crippen LogP contribution in [0.5, 0.6) is 5.75 Å². The van der Waals surface area contributed by atoms with Crippen molar-refractivity contribution in [3.8, 4) is 5.75 Å². The van der Waals surface area contributed by atoms with Gasteiger partial charge in [-0.25, -0.2) is 0 Å². The molecule has 3 rings (SSSR count). The fourth-order valence-electron chi connectivity index (χ4n) is 2.23. The minimum atomic E-state index is -0.134. The number of hydrogen-bond acceptors (Lipinski definition) is 3. The lowest BCUT2D eigenvalue weighted by Gasteiger charge is -2.08. The van der Waals surface area contributed by atoms with Crippen LogP contribution in [0.15, 0.2) is 48.5 Å². The van der Waals surface area contributed by atoms with E-state index in [-0.39, 0.29) is 29.9 Å². The van der Waals surface area contributed by atoms with Gasteiger partial charge in [0.2, 0.25) is 11.8 Å². The quantitative estimate of drug-likeness (QED) is 0.794. The lowest BCUT2D eigenvalue weighted by molar-refractivity contribution is -0.117. The lowest BCUT2D eigenvalue weighted by Crippen LogP contribution is -2.15. The van der Waals surface area contributed by atoms with Crippen LogP contribution < -0.4 is 10.6 Å². The normalized spacial score (nSPS) is 13.4. The molecule has 2 amide bonds. The van der Waals surface area contributed by atoms with Crippen molar-refractivity contribution in [2.75, 3.05) is 10.6 Å². The number of carbonyl (C=O) groups excluding carboxylic acids is 2. The second kappa shape index (κ2) is 6.52. The molecule has 0 saturated heterocycles. The summed E-state index contributed by atoms with van der Waals surface area (Å²) in [7, 11) is 0. The lowest BCUT2D eigenvalue weighted by atomic mass is 10.1. The molecule has 0 heterocycles. The molecule has 3 N–H and O–H groups in total. The van der Waals surface area contributed by atoms with Gasteiger partial charge in [-0.15, -0.1) is 0 Å².